The molecule has 1 atom stereocenters. The second-order valence-electron chi connectivity index (χ2n) is 5.98. The lowest BCUT2D eigenvalue weighted by Crippen LogP contribution is -2.33. The van der Waals surface area contributed by atoms with Crippen molar-refractivity contribution in [2.75, 3.05) is 32.0 Å². The van der Waals surface area contributed by atoms with Crippen LogP contribution in [0, 0.1) is 0 Å². The molecular weight excluding hydrogens is 262 g/mol. The number of aromatic nitrogens is 2. The molecule has 19 heavy (non-hydrogen) atoms. The van der Waals surface area contributed by atoms with Gasteiger partial charge in [-0.2, -0.15) is 5.10 Å². The van der Waals surface area contributed by atoms with Crippen molar-refractivity contribution in [3.63, 3.8) is 0 Å². The Balaban J connectivity index is 2.73. The van der Waals surface area contributed by atoms with E-state index in [9.17, 15) is 0 Å². The number of ether oxygens (including phenoxy) is 1. The summed E-state index contributed by atoms with van der Waals surface area (Å²) in [6.07, 6.45) is 6.22. The third-order valence-electron chi connectivity index (χ3n) is 3.26. The highest BCUT2D eigenvalue weighted by Gasteiger charge is 2.31. The van der Waals surface area contributed by atoms with Crippen LogP contribution in [0.4, 0.5) is 5.82 Å². The normalized spacial score (nSPS) is 15.5. The van der Waals surface area contributed by atoms with Gasteiger partial charge >= 0.3 is 0 Å². The Morgan fingerprint density at radius 1 is 1.42 bits per heavy atom. The number of rotatable bonds is 6. The Morgan fingerprint density at radius 3 is 2.47 bits per heavy atom. The fourth-order valence-electron chi connectivity index (χ4n) is 1.47. The van der Waals surface area contributed by atoms with Crippen LogP contribution in [0.15, 0.2) is 12.3 Å². The summed E-state index contributed by atoms with van der Waals surface area (Å²) in [7, 11) is 0.503. The van der Waals surface area contributed by atoms with Crippen LogP contribution >= 0.6 is 10.3 Å². The van der Waals surface area contributed by atoms with Crippen molar-refractivity contribution in [1.82, 2.24) is 9.78 Å². The minimum Gasteiger partial charge on any atom is -0.382 e. The number of methoxy groups -OCH3 is 1. The number of hydrogen-bond acceptors (Lipinski definition) is 4. The van der Waals surface area contributed by atoms with Gasteiger partial charge in [-0.25, -0.2) is 0 Å². The molecule has 5 nitrogen and oxygen atoms in total. The summed E-state index contributed by atoms with van der Waals surface area (Å²) in [6.45, 7) is 7.82. The van der Waals surface area contributed by atoms with Crippen LogP contribution in [0.25, 0.3) is 0 Å². The highest BCUT2D eigenvalue weighted by Crippen LogP contribution is 2.54. The van der Waals surface area contributed by atoms with Gasteiger partial charge in [0.15, 0.2) is 0 Å². The zero-order valence-corrected chi connectivity index (χ0v) is 13.7. The molecule has 0 spiro atoms. The van der Waals surface area contributed by atoms with Crippen molar-refractivity contribution >= 4 is 16.1 Å². The monoisotopic (exact) mass is 289 g/mol. The molecule has 0 fully saturated rings. The topological polar surface area (TPSA) is 62.3 Å². The average molecular weight is 289 g/mol. The fourth-order valence-corrected chi connectivity index (χ4v) is 2.55. The second-order valence-corrected chi connectivity index (χ2v) is 9.87. The molecule has 0 aliphatic heterocycles. The Labute approximate surface area is 118 Å². The maximum absolute atomic E-state index is 6.31. The van der Waals surface area contributed by atoms with Crippen LogP contribution in [0.5, 0.6) is 0 Å². The van der Waals surface area contributed by atoms with E-state index < -0.39 is 10.3 Å². The number of nitrogen functional groups attached to an aromatic ring is 1. The van der Waals surface area contributed by atoms with E-state index in [4.69, 9.17) is 14.7 Å². The lowest BCUT2D eigenvalue weighted by atomic mass is 10.3. The molecule has 1 rings (SSSR count). The lowest BCUT2D eigenvalue weighted by Gasteiger charge is -2.45. The SMILES string of the molecule is COCC(Cn1ccc(N)n1)OS(C)(C)C(C)(C)C. The van der Waals surface area contributed by atoms with Crippen molar-refractivity contribution < 1.29 is 8.92 Å². The summed E-state index contributed by atoms with van der Waals surface area (Å²) in [4.78, 5) is 0. The largest absolute Gasteiger partial charge is 0.382 e. The van der Waals surface area contributed by atoms with Crippen LogP contribution in [-0.4, -0.2) is 46.9 Å². The van der Waals surface area contributed by atoms with Crippen molar-refractivity contribution in [2.24, 2.45) is 0 Å². The van der Waals surface area contributed by atoms with Gasteiger partial charge in [0.25, 0.3) is 0 Å². The van der Waals surface area contributed by atoms with Crippen molar-refractivity contribution in [3.8, 4) is 0 Å². The minimum atomic E-state index is -1.18. The van der Waals surface area contributed by atoms with Crippen LogP contribution in [0.3, 0.4) is 0 Å². The van der Waals surface area contributed by atoms with Gasteiger partial charge in [0.05, 0.1) is 13.2 Å². The molecule has 6 heteroatoms. The van der Waals surface area contributed by atoms with Crippen LogP contribution in [-0.2, 0) is 15.5 Å². The molecular formula is C13H27N3O2S. The molecule has 0 amide bonds. The van der Waals surface area contributed by atoms with Gasteiger partial charge in [-0.15, -0.1) is 10.3 Å². The molecule has 112 valence electrons. The van der Waals surface area contributed by atoms with Gasteiger partial charge in [-0.3, -0.25) is 4.68 Å². The Bertz CT molecular complexity index is 399. The Hall–Kier alpha value is -0.720. The molecule has 0 aliphatic carbocycles. The highest BCUT2D eigenvalue weighted by molar-refractivity contribution is 8.29. The first-order chi connectivity index (χ1) is 8.65. The molecule has 0 saturated heterocycles. The molecule has 2 N–H and O–H groups in total. The molecule has 1 unspecified atom stereocenters. The standard InChI is InChI=1S/C13H27N3O2S/c1-13(2,3)19(5,6)18-11(10-17-4)9-16-8-7-12(14)15-16/h7-8,11H,9-10H2,1-6H3,(H2,14,15). The van der Waals surface area contributed by atoms with E-state index in [1.165, 1.54) is 0 Å². The van der Waals surface area contributed by atoms with E-state index in [1.54, 1.807) is 17.9 Å². The summed E-state index contributed by atoms with van der Waals surface area (Å²) in [5.74, 6) is 0.526. The molecule has 1 aromatic heterocycles. The van der Waals surface area contributed by atoms with Crippen molar-refractivity contribution in [3.05, 3.63) is 12.3 Å². The number of nitrogens with two attached hydrogens (primary N) is 1. The van der Waals surface area contributed by atoms with Gasteiger partial charge < -0.3 is 14.7 Å². The molecule has 1 heterocycles. The predicted octanol–water partition coefficient (Wildman–Crippen LogP) is 2.27. The number of nitrogens with zero attached hydrogens (tertiary/aromatic N) is 2. The van der Waals surface area contributed by atoms with E-state index in [-0.39, 0.29) is 10.9 Å². The summed E-state index contributed by atoms with van der Waals surface area (Å²) in [5.41, 5.74) is 5.63. The fraction of sp³-hybridized carbons (Fsp3) is 0.769. The second kappa shape index (κ2) is 6.15. The number of hydrogen-bond donors (Lipinski definition) is 1. The molecule has 0 radical (unpaired) electrons. The van der Waals surface area contributed by atoms with E-state index >= 15 is 0 Å². The summed E-state index contributed by atoms with van der Waals surface area (Å²) < 4.78 is 13.5. The number of anilines is 1. The first-order valence-electron chi connectivity index (χ1n) is 6.35. The van der Waals surface area contributed by atoms with Crippen LogP contribution < -0.4 is 5.73 Å². The molecule has 1 aromatic rings. The van der Waals surface area contributed by atoms with E-state index in [1.807, 2.05) is 6.20 Å². The lowest BCUT2D eigenvalue weighted by molar-refractivity contribution is 0.0769. The van der Waals surface area contributed by atoms with Gasteiger partial charge in [-0.05, 0) is 18.6 Å². The highest BCUT2D eigenvalue weighted by atomic mass is 32.3. The Morgan fingerprint density at radius 2 is 2.05 bits per heavy atom. The minimum absolute atomic E-state index is 0.0199. The third kappa shape index (κ3) is 4.71. The van der Waals surface area contributed by atoms with Gasteiger partial charge in [0.1, 0.15) is 11.9 Å². The molecule has 0 bridgehead atoms. The third-order valence-corrected chi connectivity index (χ3v) is 6.96. The van der Waals surface area contributed by atoms with Crippen molar-refractivity contribution in [2.45, 2.75) is 38.2 Å². The van der Waals surface area contributed by atoms with E-state index in [0.29, 0.717) is 19.0 Å². The van der Waals surface area contributed by atoms with Gasteiger partial charge in [-0.1, -0.05) is 20.8 Å². The van der Waals surface area contributed by atoms with Gasteiger partial charge in [0, 0.05) is 18.1 Å². The zero-order valence-electron chi connectivity index (χ0n) is 12.8. The maximum Gasteiger partial charge on any atom is 0.145 e. The summed E-state index contributed by atoms with van der Waals surface area (Å²) >= 11 is 0. The molecule has 0 saturated carbocycles. The average Bonchev–Trinajstić information content (AvgIpc) is 2.62. The maximum atomic E-state index is 6.31. The first kappa shape index (κ1) is 16.3. The molecule has 0 aliphatic rings. The van der Waals surface area contributed by atoms with Gasteiger partial charge in [0.2, 0.25) is 0 Å². The first-order valence-corrected chi connectivity index (χ1v) is 8.72. The zero-order chi connectivity index (χ0) is 14.7. The van der Waals surface area contributed by atoms with E-state index in [2.05, 4.69) is 38.4 Å². The summed E-state index contributed by atoms with van der Waals surface area (Å²) in [6, 6.07) is 1.78. The van der Waals surface area contributed by atoms with Crippen LogP contribution in [0.2, 0.25) is 0 Å². The smallest absolute Gasteiger partial charge is 0.145 e. The Kier molecular flexibility index (Phi) is 5.29. The van der Waals surface area contributed by atoms with Crippen LogP contribution in [0.1, 0.15) is 20.8 Å². The molecule has 0 aromatic carbocycles. The summed E-state index contributed by atoms with van der Waals surface area (Å²) in [5, 5.41) is 4.19. The predicted molar refractivity (Wildman–Crippen MR) is 82.6 cm³/mol. The quantitative estimate of drug-likeness (QED) is 0.872. The van der Waals surface area contributed by atoms with Crippen molar-refractivity contribution in [1.29, 1.82) is 0 Å². The van der Waals surface area contributed by atoms with E-state index in [0.717, 1.165) is 0 Å².